The summed E-state index contributed by atoms with van der Waals surface area (Å²) in [5.74, 6) is 0. The number of para-hydroxylation sites is 5. The standard InChI is InChI=1S/C133H80N6S/c134-81-82-45-55-100(56-46-82)135-121-40-16-12-35-107(121)115-74-90(50-61-125(115)135)93-53-64-129-118(77-93)110-38-15-19-43-124(110)139(129)130-44-22-39-112-120-78-94(54-66-132(120)140-133(112)130)87-29-21-32-101(71-87)137-122-41-17-13-36-108(122)116-75-91(51-62-126(116)137)92-52-63-127-117(76-92)109-37-14-18-42-123(109)138(127)102-57-65-128-119(80-102)111-60-49-95(79-131(111)136(128)99-30-8-3-9-31-99)89-48-59-106-105-58-47-88(72-113(105)103-33-10-11-34-104(103)114(106)73-89)85-27-20-28-86(67-85)98-69-96(83-23-4-1-5-24-83)68-97(70-98)84-25-6-2-7-26-84/h1-80H. The third-order valence-electron chi connectivity index (χ3n) is 29.6. The monoisotopic (exact) mass is 1790 g/mol. The second-order valence-electron chi connectivity index (χ2n) is 37.3. The van der Waals surface area contributed by atoms with E-state index in [9.17, 15) is 5.26 Å². The van der Waals surface area contributed by atoms with E-state index in [1.165, 1.54) is 190 Å². The molecule has 6 heterocycles. The van der Waals surface area contributed by atoms with Crippen molar-refractivity contribution >= 4 is 173 Å². The van der Waals surface area contributed by atoms with Gasteiger partial charge in [-0.05, 0) is 322 Å². The van der Waals surface area contributed by atoms with Crippen LogP contribution >= 0.6 is 11.3 Å². The third-order valence-corrected chi connectivity index (χ3v) is 30.8. The summed E-state index contributed by atoms with van der Waals surface area (Å²) in [4.78, 5) is 0. The summed E-state index contributed by atoms with van der Waals surface area (Å²) in [6.07, 6.45) is 0. The Labute approximate surface area is 809 Å². The van der Waals surface area contributed by atoms with Crippen LogP contribution in [0.2, 0.25) is 0 Å². The fourth-order valence-corrected chi connectivity index (χ4v) is 24.3. The molecule has 140 heavy (non-hydrogen) atoms. The molecule has 29 rings (SSSR count). The van der Waals surface area contributed by atoms with Crippen LogP contribution in [0, 0.1) is 11.3 Å². The summed E-state index contributed by atoms with van der Waals surface area (Å²) in [5.41, 5.74) is 36.6. The predicted octanol–water partition coefficient (Wildman–Crippen LogP) is 36.2. The highest BCUT2D eigenvalue weighted by Crippen LogP contribution is 2.49. The van der Waals surface area contributed by atoms with Gasteiger partial charge in [0.05, 0.1) is 77.2 Å². The molecule has 0 spiro atoms. The maximum atomic E-state index is 9.61. The van der Waals surface area contributed by atoms with Gasteiger partial charge in [-0.2, -0.15) is 5.26 Å². The molecular weight excluding hydrogens is 1710 g/mol. The van der Waals surface area contributed by atoms with Gasteiger partial charge in [-0.3, -0.25) is 0 Å². The lowest BCUT2D eigenvalue weighted by Crippen LogP contribution is -1.95. The molecule has 0 atom stereocenters. The van der Waals surface area contributed by atoms with E-state index in [0.29, 0.717) is 5.56 Å². The number of rotatable bonds is 13. The van der Waals surface area contributed by atoms with E-state index in [2.05, 4.69) is 490 Å². The van der Waals surface area contributed by atoms with Gasteiger partial charge >= 0.3 is 0 Å². The number of nitriles is 1. The number of nitrogens with zero attached hydrogens (tertiary/aromatic N) is 6. The number of thiophene rings is 1. The van der Waals surface area contributed by atoms with Crippen LogP contribution in [0.5, 0.6) is 0 Å². The Kier molecular flexibility index (Phi) is 17.7. The van der Waals surface area contributed by atoms with Gasteiger partial charge < -0.3 is 22.8 Å². The van der Waals surface area contributed by atoms with Crippen LogP contribution in [0.3, 0.4) is 0 Å². The van der Waals surface area contributed by atoms with Crippen LogP contribution in [-0.2, 0) is 0 Å². The van der Waals surface area contributed by atoms with Crippen molar-refractivity contribution < 1.29 is 0 Å². The number of aromatic nitrogens is 5. The van der Waals surface area contributed by atoms with Crippen molar-refractivity contribution in [2.75, 3.05) is 0 Å². The Morgan fingerprint density at radius 2 is 0.436 bits per heavy atom. The molecule has 0 fully saturated rings. The third kappa shape index (κ3) is 12.4. The minimum Gasteiger partial charge on any atom is -0.309 e. The molecule has 0 saturated carbocycles. The normalized spacial score (nSPS) is 12.0. The van der Waals surface area contributed by atoms with Crippen LogP contribution in [0.4, 0.5) is 0 Å². The maximum Gasteiger partial charge on any atom is 0.0991 e. The quantitative estimate of drug-likeness (QED) is 0.106. The fourth-order valence-electron chi connectivity index (χ4n) is 23.1. The van der Waals surface area contributed by atoms with Crippen LogP contribution in [0.25, 0.3) is 279 Å². The van der Waals surface area contributed by atoms with Crippen molar-refractivity contribution in [2.45, 2.75) is 0 Å². The van der Waals surface area contributed by atoms with Crippen LogP contribution in [0.15, 0.2) is 485 Å². The number of hydrogen-bond donors (Lipinski definition) is 0. The maximum absolute atomic E-state index is 9.61. The van der Waals surface area contributed by atoms with E-state index in [-0.39, 0.29) is 0 Å². The first-order valence-electron chi connectivity index (χ1n) is 47.9. The lowest BCUT2D eigenvalue weighted by molar-refractivity contribution is 1.17. The van der Waals surface area contributed by atoms with E-state index in [4.69, 9.17) is 0 Å². The van der Waals surface area contributed by atoms with Gasteiger partial charge in [0.25, 0.3) is 0 Å². The zero-order valence-corrected chi connectivity index (χ0v) is 76.6. The Hall–Kier alpha value is -18.5. The molecule has 0 saturated heterocycles. The zero-order valence-electron chi connectivity index (χ0n) is 75.8. The minimum absolute atomic E-state index is 0.647. The molecule has 0 unspecified atom stereocenters. The molecule has 0 bridgehead atoms. The van der Waals surface area contributed by atoms with E-state index in [1.54, 1.807) is 0 Å². The molecule has 0 radical (unpaired) electrons. The Morgan fingerprint density at radius 1 is 0.150 bits per heavy atom. The lowest BCUT2D eigenvalue weighted by Gasteiger charge is -2.15. The van der Waals surface area contributed by atoms with Gasteiger partial charge in [0, 0.05) is 92.1 Å². The first-order valence-corrected chi connectivity index (χ1v) is 48.8. The molecule has 0 N–H and O–H groups in total. The molecule has 0 amide bonds. The zero-order chi connectivity index (χ0) is 91.9. The topological polar surface area (TPSA) is 48.4 Å². The summed E-state index contributed by atoms with van der Waals surface area (Å²) < 4.78 is 14.7. The van der Waals surface area contributed by atoms with Crippen molar-refractivity contribution in [2.24, 2.45) is 0 Å². The Bertz CT molecular complexity index is 10300. The molecule has 6 nitrogen and oxygen atoms in total. The number of fused-ring (bicyclic) bond motifs is 24. The van der Waals surface area contributed by atoms with E-state index in [0.717, 1.165) is 89.1 Å². The van der Waals surface area contributed by atoms with Gasteiger partial charge in [0.15, 0.2) is 0 Å². The first kappa shape index (κ1) is 79.0. The van der Waals surface area contributed by atoms with Crippen LogP contribution in [-0.4, -0.2) is 22.8 Å². The lowest BCUT2D eigenvalue weighted by atomic mass is 9.89. The van der Waals surface area contributed by atoms with Crippen LogP contribution in [0.1, 0.15) is 5.56 Å². The highest BCUT2D eigenvalue weighted by Gasteiger charge is 2.25. The Balaban J connectivity index is 0.476. The average Bonchev–Trinajstić information content (AvgIpc) is 1.52. The highest BCUT2D eigenvalue weighted by molar-refractivity contribution is 7.26. The molecule has 0 aliphatic heterocycles. The second-order valence-corrected chi connectivity index (χ2v) is 38.3. The van der Waals surface area contributed by atoms with Crippen molar-refractivity contribution in [1.82, 2.24) is 22.8 Å². The second kappa shape index (κ2) is 31.3. The van der Waals surface area contributed by atoms with Crippen molar-refractivity contribution in [1.29, 1.82) is 5.26 Å². The van der Waals surface area contributed by atoms with Gasteiger partial charge in [0.2, 0.25) is 0 Å². The van der Waals surface area contributed by atoms with Crippen LogP contribution < -0.4 is 0 Å². The first-order chi connectivity index (χ1) is 69.3. The summed E-state index contributed by atoms with van der Waals surface area (Å²) >= 11 is 1.87. The number of hydrogen-bond acceptors (Lipinski definition) is 2. The molecule has 6 aromatic heterocycles. The van der Waals surface area contributed by atoms with Crippen molar-refractivity contribution in [3.05, 3.63) is 491 Å². The largest absolute Gasteiger partial charge is 0.309 e. The van der Waals surface area contributed by atoms with E-state index < -0.39 is 0 Å². The molecule has 29 aromatic rings. The molecule has 7 heteroatoms. The van der Waals surface area contributed by atoms with Gasteiger partial charge in [-0.25, -0.2) is 0 Å². The fraction of sp³-hybridized carbons (Fsp3) is 0. The van der Waals surface area contributed by atoms with Crippen molar-refractivity contribution in [3.63, 3.8) is 0 Å². The molecular formula is C133H80N6S. The minimum atomic E-state index is 0.647. The summed E-state index contributed by atoms with van der Waals surface area (Å²) in [7, 11) is 0. The summed E-state index contributed by atoms with van der Waals surface area (Å²) in [6.45, 7) is 0. The SMILES string of the molecule is N#Cc1ccc(-n2c3ccccc3c3cc(-c4ccc5c(c4)c4ccccc4n5-c4cccc5c4sc4ccc(-c6cccc(-n7c8ccccc8c8cc(-c9ccc%10c(c9)c9ccccc9n%10-c9ccc%10c(c9)c9ccc(-c%11ccc%12c%13ccc(-c%14cccc(-c%15cc(-c%16ccccc%16)cc(-c%16ccccc%16)c%15)c%14)cc%13c%13ccccc%13c%12c%11)cc9n%10-c9ccccc9)ccc87)c6)cc45)ccc32)cc1. The average molecular weight is 1790 g/mol. The van der Waals surface area contributed by atoms with Gasteiger partial charge in [0.1, 0.15) is 0 Å². The summed E-state index contributed by atoms with van der Waals surface area (Å²) in [5, 5.41) is 31.6. The van der Waals surface area contributed by atoms with Gasteiger partial charge in [-0.15, -0.1) is 11.3 Å². The smallest absolute Gasteiger partial charge is 0.0991 e. The van der Waals surface area contributed by atoms with Crippen molar-refractivity contribution in [3.8, 4) is 124 Å². The molecule has 0 aliphatic carbocycles. The van der Waals surface area contributed by atoms with E-state index >= 15 is 0 Å². The highest BCUT2D eigenvalue weighted by atomic mass is 32.1. The molecule has 648 valence electrons. The number of benzene rings is 23. The molecule has 23 aromatic carbocycles. The van der Waals surface area contributed by atoms with Gasteiger partial charge in [-0.1, -0.05) is 285 Å². The summed E-state index contributed by atoms with van der Waals surface area (Å²) in [6, 6.07) is 182. The molecule has 0 aliphatic rings. The van der Waals surface area contributed by atoms with E-state index in [1.807, 2.05) is 35.6 Å². The Morgan fingerprint density at radius 3 is 0.943 bits per heavy atom. The predicted molar refractivity (Wildman–Crippen MR) is 592 cm³/mol.